The molecule has 0 amide bonds. The molecular formula is C14H29NO. The highest BCUT2D eigenvalue weighted by atomic mass is 16.5. The van der Waals surface area contributed by atoms with Crippen molar-refractivity contribution in [2.45, 2.75) is 46.5 Å². The number of hydrogen-bond donors (Lipinski definition) is 0. The van der Waals surface area contributed by atoms with Crippen LogP contribution in [0.1, 0.15) is 46.5 Å². The summed E-state index contributed by atoms with van der Waals surface area (Å²) in [4.78, 5) is 2.59. The topological polar surface area (TPSA) is 12.5 Å². The molecule has 1 saturated heterocycles. The first-order valence-electron chi connectivity index (χ1n) is 7.02. The largest absolute Gasteiger partial charge is 0.379 e. The maximum atomic E-state index is 5.40. The average molecular weight is 227 g/mol. The number of rotatable bonds is 7. The third-order valence-electron chi connectivity index (χ3n) is 3.47. The molecule has 0 radical (unpaired) electrons. The lowest BCUT2D eigenvalue weighted by atomic mass is 9.93. The molecule has 1 fully saturated rings. The van der Waals surface area contributed by atoms with Crippen LogP contribution in [0.2, 0.25) is 0 Å². The standard InChI is InChI=1S/C14H29NO/c1-4-5-14(7-6-13(2)3)12-15-8-10-16-11-9-15/h13-14H,4-12H2,1-3H3. The zero-order chi connectivity index (χ0) is 11.8. The number of nitrogens with zero attached hydrogens (tertiary/aromatic N) is 1. The lowest BCUT2D eigenvalue weighted by Crippen LogP contribution is -2.39. The Morgan fingerprint density at radius 2 is 1.75 bits per heavy atom. The van der Waals surface area contributed by atoms with Gasteiger partial charge in [-0.2, -0.15) is 0 Å². The molecule has 0 bridgehead atoms. The molecule has 0 aromatic heterocycles. The van der Waals surface area contributed by atoms with Crippen molar-refractivity contribution in [2.75, 3.05) is 32.8 Å². The second-order valence-electron chi connectivity index (χ2n) is 5.54. The summed E-state index contributed by atoms with van der Waals surface area (Å²) in [7, 11) is 0. The van der Waals surface area contributed by atoms with Gasteiger partial charge in [0.2, 0.25) is 0 Å². The van der Waals surface area contributed by atoms with Crippen molar-refractivity contribution in [3.05, 3.63) is 0 Å². The van der Waals surface area contributed by atoms with E-state index in [9.17, 15) is 0 Å². The molecule has 2 nitrogen and oxygen atoms in total. The quantitative estimate of drug-likeness (QED) is 0.662. The average Bonchev–Trinajstić information content (AvgIpc) is 2.27. The van der Waals surface area contributed by atoms with E-state index in [0.29, 0.717) is 0 Å². The van der Waals surface area contributed by atoms with Gasteiger partial charge < -0.3 is 4.74 Å². The third-order valence-corrected chi connectivity index (χ3v) is 3.47. The molecule has 0 spiro atoms. The van der Waals surface area contributed by atoms with Crippen LogP contribution in [0.25, 0.3) is 0 Å². The molecule has 1 unspecified atom stereocenters. The van der Waals surface area contributed by atoms with E-state index in [-0.39, 0.29) is 0 Å². The van der Waals surface area contributed by atoms with Gasteiger partial charge in [-0.25, -0.2) is 0 Å². The fraction of sp³-hybridized carbons (Fsp3) is 1.00. The molecule has 0 aromatic carbocycles. The van der Waals surface area contributed by atoms with Crippen LogP contribution >= 0.6 is 0 Å². The Balaban J connectivity index is 2.25. The molecule has 1 atom stereocenters. The molecule has 16 heavy (non-hydrogen) atoms. The van der Waals surface area contributed by atoms with Crippen LogP contribution in [0.3, 0.4) is 0 Å². The van der Waals surface area contributed by atoms with Crippen molar-refractivity contribution in [3.63, 3.8) is 0 Å². The van der Waals surface area contributed by atoms with Crippen LogP contribution in [0.15, 0.2) is 0 Å². The highest BCUT2D eigenvalue weighted by Crippen LogP contribution is 2.19. The summed E-state index contributed by atoms with van der Waals surface area (Å²) in [5, 5.41) is 0. The van der Waals surface area contributed by atoms with Crippen molar-refractivity contribution < 1.29 is 4.74 Å². The summed E-state index contributed by atoms with van der Waals surface area (Å²) in [6, 6.07) is 0. The second kappa shape index (κ2) is 8.08. The molecule has 0 saturated carbocycles. The summed E-state index contributed by atoms with van der Waals surface area (Å²) in [6.07, 6.45) is 5.51. The van der Waals surface area contributed by atoms with E-state index in [4.69, 9.17) is 4.74 Å². The van der Waals surface area contributed by atoms with E-state index < -0.39 is 0 Å². The maximum absolute atomic E-state index is 5.40. The van der Waals surface area contributed by atoms with Crippen molar-refractivity contribution in [2.24, 2.45) is 11.8 Å². The lowest BCUT2D eigenvalue weighted by molar-refractivity contribution is 0.0289. The van der Waals surface area contributed by atoms with Gasteiger partial charge >= 0.3 is 0 Å². The van der Waals surface area contributed by atoms with Gasteiger partial charge in [0.1, 0.15) is 0 Å². The van der Waals surface area contributed by atoms with Crippen molar-refractivity contribution >= 4 is 0 Å². The molecule has 1 rings (SSSR count). The van der Waals surface area contributed by atoms with E-state index in [1.165, 1.54) is 32.2 Å². The van der Waals surface area contributed by atoms with Gasteiger partial charge in [0.15, 0.2) is 0 Å². The van der Waals surface area contributed by atoms with Gasteiger partial charge in [-0.15, -0.1) is 0 Å². The summed E-state index contributed by atoms with van der Waals surface area (Å²) < 4.78 is 5.40. The van der Waals surface area contributed by atoms with Gasteiger partial charge in [-0.1, -0.05) is 33.6 Å². The third kappa shape index (κ3) is 5.86. The summed E-state index contributed by atoms with van der Waals surface area (Å²) in [6.45, 7) is 12.4. The van der Waals surface area contributed by atoms with Crippen LogP contribution in [0.4, 0.5) is 0 Å². The Bertz CT molecular complexity index is 164. The molecule has 2 heteroatoms. The van der Waals surface area contributed by atoms with Crippen LogP contribution in [-0.4, -0.2) is 37.7 Å². The zero-order valence-corrected chi connectivity index (χ0v) is 11.4. The Morgan fingerprint density at radius 3 is 2.31 bits per heavy atom. The van der Waals surface area contributed by atoms with E-state index in [2.05, 4.69) is 25.7 Å². The predicted octanol–water partition coefficient (Wildman–Crippen LogP) is 3.17. The number of morpholine rings is 1. The minimum Gasteiger partial charge on any atom is -0.379 e. The molecule has 1 aliphatic rings. The predicted molar refractivity (Wildman–Crippen MR) is 69.7 cm³/mol. The highest BCUT2D eigenvalue weighted by Gasteiger charge is 2.16. The number of ether oxygens (including phenoxy) is 1. The van der Waals surface area contributed by atoms with E-state index in [0.717, 1.165) is 38.1 Å². The minimum absolute atomic E-state index is 0.851. The zero-order valence-electron chi connectivity index (χ0n) is 11.4. The Hall–Kier alpha value is -0.0800. The van der Waals surface area contributed by atoms with Gasteiger partial charge in [0.25, 0.3) is 0 Å². The Morgan fingerprint density at radius 1 is 1.06 bits per heavy atom. The number of hydrogen-bond acceptors (Lipinski definition) is 2. The fourth-order valence-corrected chi connectivity index (χ4v) is 2.45. The van der Waals surface area contributed by atoms with Crippen LogP contribution in [0, 0.1) is 11.8 Å². The van der Waals surface area contributed by atoms with Crippen LogP contribution in [-0.2, 0) is 4.74 Å². The molecule has 0 aromatic rings. The summed E-state index contributed by atoms with van der Waals surface area (Å²) in [5.74, 6) is 1.76. The molecule has 96 valence electrons. The van der Waals surface area contributed by atoms with Crippen molar-refractivity contribution in [3.8, 4) is 0 Å². The molecule has 0 aliphatic carbocycles. The fourth-order valence-electron chi connectivity index (χ4n) is 2.45. The van der Waals surface area contributed by atoms with Crippen LogP contribution < -0.4 is 0 Å². The first kappa shape index (κ1) is 14.0. The lowest BCUT2D eigenvalue weighted by Gasteiger charge is -2.30. The van der Waals surface area contributed by atoms with Gasteiger partial charge in [0, 0.05) is 19.6 Å². The normalized spacial score (nSPS) is 20.2. The first-order chi connectivity index (χ1) is 7.72. The maximum Gasteiger partial charge on any atom is 0.0594 e. The molecule has 1 heterocycles. The van der Waals surface area contributed by atoms with Crippen molar-refractivity contribution in [1.82, 2.24) is 4.90 Å². The smallest absolute Gasteiger partial charge is 0.0594 e. The SMILES string of the molecule is CCCC(CCC(C)C)CN1CCOCC1. The molecule has 1 aliphatic heterocycles. The van der Waals surface area contributed by atoms with E-state index >= 15 is 0 Å². The summed E-state index contributed by atoms with van der Waals surface area (Å²) >= 11 is 0. The van der Waals surface area contributed by atoms with E-state index in [1.54, 1.807) is 0 Å². The van der Waals surface area contributed by atoms with Crippen molar-refractivity contribution in [1.29, 1.82) is 0 Å². The van der Waals surface area contributed by atoms with Gasteiger partial charge in [-0.3, -0.25) is 4.90 Å². The first-order valence-corrected chi connectivity index (χ1v) is 7.02. The van der Waals surface area contributed by atoms with Gasteiger partial charge in [0.05, 0.1) is 13.2 Å². The molecular weight excluding hydrogens is 198 g/mol. The van der Waals surface area contributed by atoms with Crippen LogP contribution in [0.5, 0.6) is 0 Å². The monoisotopic (exact) mass is 227 g/mol. The molecule has 0 N–H and O–H groups in total. The van der Waals surface area contributed by atoms with Gasteiger partial charge in [-0.05, 0) is 24.7 Å². The Labute approximate surface area is 101 Å². The second-order valence-corrected chi connectivity index (χ2v) is 5.54. The highest BCUT2D eigenvalue weighted by molar-refractivity contribution is 4.69. The minimum atomic E-state index is 0.851. The Kier molecular flexibility index (Phi) is 7.06. The van der Waals surface area contributed by atoms with E-state index in [1.807, 2.05) is 0 Å². The summed E-state index contributed by atoms with van der Waals surface area (Å²) in [5.41, 5.74) is 0.